The SMILES string of the molecule is C=CC(O)N(CCN(C(O)C=C)C(O)C=C)C(O)C=C. The van der Waals surface area contributed by atoms with Crippen LogP contribution in [-0.4, -0.2) is 68.2 Å². The Bertz CT molecular complexity index is 275. The molecule has 0 aliphatic carbocycles. The largest absolute Gasteiger partial charge is 0.375 e. The Balaban J connectivity index is 4.85. The predicted molar refractivity (Wildman–Crippen MR) is 78.2 cm³/mol. The summed E-state index contributed by atoms with van der Waals surface area (Å²) < 4.78 is 0. The van der Waals surface area contributed by atoms with Crippen molar-refractivity contribution in [2.24, 2.45) is 0 Å². The summed E-state index contributed by atoms with van der Waals surface area (Å²) in [6, 6.07) is 0. The van der Waals surface area contributed by atoms with Gasteiger partial charge in [-0.3, -0.25) is 0 Å². The molecule has 0 heterocycles. The first-order valence-corrected chi connectivity index (χ1v) is 6.16. The van der Waals surface area contributed by atoms with Crippen LogP contribution in [0.25, 0.3) is 0 Å². The van der Waals surface area contributed by atoms with Crippen LogP contribution in [0.5, 0.6) is 0 Å². The highest BCUT2D eigenvalue weighted by Gasteiger charge is 2.23. The molecule has 0 aliphatic heterocycles. The third-order valence-electron chi connectivity index (χ3n) is 2.82. The Morgan fingerprint density at radius 3 is 0.950 bits per heavy atom. The number of aliphatic hydroxyl groups is 4. The van der Waals surface area contributed by atoms with Crippen molar-refractivity contribution in [2.45, 2.75) is 24.9 Å². The van der Waals surface area contributed by atoms with Gasteiger partial charge < -0.3 is 20.4 Å². The summed E-state index contributed by atoms with van der Waals surface area (Å²) >= 11 is 0. The summed E-state index contributed by atoms with van der Waals surface area (Å²) in [6.45, 7) is 14.1. The molecule has 20 heavy (non-hydrogen) atoms. The van der Waals surface area contributed by atoms with Gasteiger partial charge in [-0.1, -0.05) is 26.3 Å². The van der Waals surface area contributed by atoms with E-state index in [1.54, 1.807) is 0 Å². The van der Waals surface area contributed by atoms with E-state index >= 15 is 0 Å². The molecule has 0 radical (unpaired) electrons. The molecule has 0 spiro atoms. The normalized spacial score (nSPS) is 17.3. The lowest BCUT2D eigenvalue weighted by atomic mass is 10.3. The second kappa shape index (κ2) is 9.60. The molecule has 6 nitrogen and oxygen atoms in total. The van der Waals surface area contributed by atoms with Crippen LogP contribution in [0.2, 0.25) is 0 Å². The minimum Gasteiger partial charge on any atom is -0.375 e. The van der Waals surface area contributed by atoms with Gasteiger partial charge in [0, 0.05) is 13.1 Å². The van der Waals surface area contributed by atoms with Crippen molar-refractivity contribution in [3.05, 3.63) is 50.6 Å². The van der Waals surface area contributed by atoms with Gasteiger partial charge in [-0.15, -0.1) is 0 Å². The van der Waals surface area contributed by atoms with Crippen LogP contribution in [0.15, 0.2) is 50.6 Å². The van der Waals surface area contributed by atoms with Gasteiger partial charge in [0.25, 0.3) is 0 Å². The molecule has 0 bridgehead atoms. The maximum Gasteiger partial charge on any atom is 0.128 e. The Kier molecular flexibility index (Phi) is 8.98. The van der Waals surface area contributed by atoms with Crippen LogP contribution in [0.1, 0.15) is 0 Å². The van der Waals surface area contributed by atoms with E-state index in [0.29, 0.717) is 0 Å². The second-order valence-electron chi connectivity index (χ2n) is 4.07. The molecule has 4 atom stereocenters. The van der Waals surface area contributed by atoms with Crippen LogP contribution >= 0.6 is 0 Å². The van der Waals surface area contributed by atoms with Crippen LogP contribution in [0.4, 0.5) is 0 Å². The molecule has 0 fully saturated rings. The molecule has 0 aromatic heterocycles. The Morgan fingerprint density at radius 1 is 0.600 bits per heavy atom. The highest BCUT2D eigenvalue weighted by atomic mass is 16.3. The average Bonchev–Trinajstić information content (AvgIpc) is 2.48. The first-order chi connectivity index (χ1) is 9.42. The number of hydrogen-bond acceptors (Lipinski definition) is 6. The molecule has 0 rings (SSSR count). The topological polar surface area (TPSA) is 87.4 Å². The second-order valence-corrected chi connectivity index (χ2v) is 4.07. The fourth-order valence-electron chi connectivity index (χ4n) is 1.61. The van der Waals surface area contributed by atoms with Crippen LogP contribution in [-0.2, 0) is 0 Å². The fraction of sp³-hybridized carbons (Fsp3) is 0.429. The number of aliphatic hydroxyl groups excluding tert-OH is 4. The molecule has 0 aliphatic rings. The van der Waals surface area contributed by atoms with E-state index in [4.69, 9.17) is 0 Å². The van der Waals surface area contributed by atoms with Crippen molar-refractivity contribution >= 4 is 0 Å². The molecule has 114 valence electrons. The Hall–Kier alpha value is -1.28. The molecule has 0 saturated carbocycles. The molecule has 0 aromatic carbocycles. The van der Waals surface area contributed by atoms with Gasteiger partial charge in [0.2, 0.25) is 0 Å². The maximum atomic E-state index is 9.74. The van der Waals surface area contributed by atoms with Crippen molar-refractivity contribution in [1.29, 1.82) is 0 Å². The lowest BCUT2D eigenvalue weighted by Gasteiger charge is -2.34. The number of hydrogen-bond donors (Lipinski definition) is 4. The van der Waals surface area contributed by atoms with Crippen LogP contribution in [0.3, 0.4) is 0 Å². The van der Waals surface area contributed by atoms with Crippen molar-refractivity contribution in [1.82, 2.24) is 9.80 Å². The minimum atomic E-state index is -1.08. The van der Waals surface area contributed by atoms with Gasteiger partial charge in [0.15, 0.2) is 0 Å². The highest BCUT2D eigenvalue weighted by Crippen LogP contribution is 2.08. The molecular formula is C14H24N2O4. The van der Waals surface area contributed by atoms with E-state index in [1.165, 1.54) is 34.1 Å². The van der Waals surface area contributed by atoms with E-state index in [1.807, 2.05) is 0 Å². The number of rotatable bonds is 11. The van der Waals surface area contributed by atoms with Crippen molar-refractivity contribution < 1.29 is 20.4 Å². The zero-order valence-electron chi connectivity index (χ0n) is 11.5. The highest BCUT2D eigenvalue weighted by molar-refractivity contribution is 4.90. The van der Waals surface area contributed by atoms with E-state index < -0.39 is 24.9 Å². The molecule has 6 heteroatoms. The molecule has 4 N–H and O–H groups in total. The van der Waals surface area contributed by atoms with Gasteiger partial charge >= 0.3 is 0 Å². The lowest BCUT2D eigenvalue weighted by molar-refractivity contribution is -0.0903. The first kappa shape index (κ1) is 18.7. The Morgan fingerprint density at radius 2 is 0.800 bits per heavy atom. The molecule has 0 saturated heterocycles. The smallest absolute Gasteiger partial charge is 0.128 e. The van der Waals surface area contributed by atoms with Gasteiger partial charge in [-0.2, -0.15) is 0 Å². The van der Waals surface area contributed by atoms with E-state index in [9.17, 15) is 20.4 Å². The minimum absolute atomic E-state index is 0.149. The van der Waals surface area contributed by atoms with Crippen LogP contribution < -0.4 is 0 Å². The van der Waals surface area contributed by atoms with E-state index in [-0.39, 0.29) is 13.1 Å². The summed E-state index contributed by atoms with van der Waals surface area (Å²) in [5.74, 6) is 0. The molecule has 0 aromatic rings. The first-order valence-electron chi connectivity index (χ1n) is 6.16. The summed E-state index contributed by atoms with van der Waals surface area (Å²) in [5.41, 5.74) is 0. The summed E-state index contributed by atoms with van der Waals surface area (Å²) in [6.07, 6.45) is 0.711. The quantitative estimate of drug-likeness (QED) is 0.305. The Labute approximate surface area is 119 Å². The summed E-state index contributed by atoms with van der Waals surface area (Å²) in [4.78, 5) is 2.58. The zero-order valence-corrected chi connectivity index (χ0v) is 11.5. The molecular weight excluding hydrogens is 260 g/mol. The lowest BCUT2D eigenvalue weighted by Crippen LogP contribution is -2.49. The summed E-state index contributed by atoms with van der Waals surface area (Å²) in [5, 5.41) is 39.0. The third kappa shape index (κ3) is 5.38. The van der Waals surface area contributed by atoms with Gasteiger partial charge in [-0.05, 0) is 24.3 Å². The fourth-order valence-corrected chi connectivity index (χ4v) is 1.61. The predicted octanol–water partition coefficient (Wildman–Crippen LogP) is -0.392. The number of nitrogens with zero attached hydrogens (tertiary/aromatic N) is 2. The van der Waals surface area contributed by atoms with E-state index in [0.717, 1.165) is 0 Å². The molecule has 0 amide bonds. The summed E-state index contributed by atoms with van der Waals surface area (Å²) in [7, 11) is 0. The van der Waals surface area contributed by atoms with E-state index in [2.05, 4.69) is 26.3 Å². The molecule has 4 unspecified atom stereocenters. The monoisotopic (exact) mass is 284 g/mol. The van der Waals surface area contributed by atoms with Crippen molar-refractivity contribution in [3.8, 4) is 0 Å². The standard InChI is InChI=1S/C14H24N2O4/c1-5-11(17)15(12(18)6-2)9-10-16(13(19)7-3)14(20)8-4/h5-8,11-14,17-20H,1-4,9-10H2. The van der Waals surface area contributed by atoms with Crippen molar-refractivity contribution in [2.75, 3.05) is 13.1 Å². The average molecular weight is 284 g/mol. The van der Waals surface area contributed by atoms with Crippen LogP contribution in [0, 0.1) is 0 Å². The van der Waals surface area contributed by atoms with Gasteiger partial charge in [-0.25, -0.2) is 9.80 Å². The van der Waals surface area contributed by atoms with Crippen molar-refractivity contribution in [3.63, 3.8) is 0 Å². The van der Waals surface area contributed by atoms with Gasteiger partial charge in [0.05, 0.1) is 0 Å². The maximum absolute atomic E-state index is 9.74. The zero-order chi connectivity index (χ0) is 15.7. The third-order valence-corrected chi connectivity index (χ3v) is 2.82. The van der Waals surface area contributed by atoms with Gasteiger partial charge in [0.1, 0.15) is 24.9 Å².